The average molecular weight is 1880 g/mol. The molecule has 0 saturated heterocycles. The van der Waals surface area contributed by atoms with Crippen LogP contribution in [0.5, 0.6) is 0 Å². The molecular formula is C102H69B2Br5O4S3. The Morgan fingerprint density at radius 2 is 0.414 bits per heavy atom. The van der Waals surface area contributed by atoms with E-state index in [1.165, 1.54) is 171 Å². The van der Waals surface area contributed by atoms with E-state index >= 15 is 0 Å². The number of hydrogen-bond acceptors (Lipinski definition) is 7. The fraction of sp³-hybridized carbons (Fsp3) is 0. The lowest BCUT2D eigenvalue weighted by Gasteiger charge is -2.18. The van der Waals surface area contributed by atoms with Gasteiger partial charge < -0.3 is 20.1 Å². The minimum absolute atomic E-state index is 0.495. The molecule has 0 aliphatic heterocycles. The number of fused-ring (bicyclic) bond motifs is 6. The zero-order valence-corrected chi connectivity index (χ0v) is 72.5. The van der Waals surface area contributed by atoms with Crippen molar-refractivity contribution in [3.63, 3.8) is 0 Å². The van der Waals surface area contributed by atoms with Gasteiger partial charge in [-0.1, -0.05) is 363 Å². The first-order chi connectivity index (χ1) is 56.8. The van der Waals surface area contributed by atoms with Crippen molar-refractivity contribution in [1.82, 2.24) is 0 Å². The maximum absolute atomic E-state index is 8.95. The maximum atomic E-state index is 8.95. The quantitative estimate of drug-likeness (QED) is 0.0768. The van der Waals surface area contributed by atoms with E-state index < -0.39 is 14.2 Å². The number of hydrogen-bond donors (Lipinski definition) is 4. The van der Waals surface area contributed by atoms with Crippen molar-refractivity contribution in [1.29, 1.82) is 0 Å². The van der Waals surface area contributed by atoms with Crippen LogP contribution in [0.4, 0.5) is 0 Å². The molecule has 4 N–H and O–H groups in total. The molecule has 0 aliphatic rings. The van der Waals surface area contributed by atoms with E-state index in [-0.39, 0.29) is 0 Å². The summed E-state index contributed by atoms with van der Waals surface area (Å²) in [5.74, 6) is 0. The summed E-state index contributed by atoms with van der Waals surface area (Å²) >= 11 is 23.0. The highest BCUT2D eigenvalue weighted by Gasteiger charge is 2.22. The van der Waals surface area contributed by atoms with E-state index in [2.05, 4.69) is 407 Å². The largest absolute Gasteiger partial charge is 0.499 e. The van der Waals surface area contributed by atoms with Crippen LogP contribution < -0.4 is 10.2 Å². The third-order valence-electron chi connectivity index (χ3n) is 20.2. The summed E-state index contributed by atoms with van der Waals surface area (Å²) in [5.41, 5.74) is 16.7. The Hall–Kier alpha value is -10.2. The summed E-state index contributed by atoms with van der Waals surface area (Å²) in [6.45, 7) is 0. The van der Waals surface area contributed by atoms with Crippen molar-refractivity contribution in [3.8, 4) is 96.7 Å². The van der Waals surface area contributed by atoms with E-state index in [1.54, 1.807) is 24.3 Å². The Kier molecular flexibility index (Phi) is 25.3. The zero-order chi connectivity index (χ0) is 79.6. The normalized spacial score (nSPS) is 11.0. The molecule has 0 fully saturated rings. The molecule has 0 bridgehead atoms. The first kappa shape index (κ1) is 79.6. The van der Waals surface area contributed by atoms with Crippen LogP contribution in [0.15, 0.2) is 417 Å². The Labute approximate surface area is 729 Å². The van der Waals surface area contributed by atoms with Crippen molar-refractivity contribution < 1.29 is 20.1 Å². The minimum atomic E-state index is -1.38. The molecule has 0 radical (unpaired) electrons. The zero-order valence-electron chi connectivity index (χ0n) is 62.1. The molecule has 20 rings (SSSR count). The standard InChI is InChI=1S/C46H30S2.C26H16Br2.C14H8Br2.C10H9BO2S.C6H6BBrO2/c1-3-13-31(14-4-1)41-25-27-43(47-41)33-17-11-19-35(29-33)45-37-21-7-9-23-39(37)46(40-24-10-8-22-38(40)45)36-20-12-18-34(30-36)44-28-26-42(48-44)32-15-5-2-6-16-32;27-19-9-5-7-17(15-19)25-21-11-1-2-12-22(21)26(18-8-6-10-20(28)16-18)24-14-4-3-13-23(24)25;15-13-9-5-1-2-6-10(9)14(16)12-8-4-3-7-11(12)13;12-11(13)10-7-6-9(14-10)8-4-2-1-3-5-8;8-6-3-1-2-5(4-6)7(9)10/h1-30H;1-16H;1-8H;1-7,12-13H;1-4,9-10H. The molecule has 0 atom stereocenters. The van der Waals surface area contributed by atoms with Gasteiger partial charge in [0.15, 0.2) is 0 Å². The van der Waals surface area contributed by atoms with Gasteiger partial charge >= 0.3 is 14.2 Å². The smallest absolute Gasteiger partial charge is 0.423 e. The van der Waals surface area contributed by atoms with E-state index in [0.717, 1.165) is 23.9 Å². The monoisotopic (exact) mass is 1870 g/mol. The molecule has 0 unspecified atom stereocenters. The predicted molar refractivity (Wildman–Crippen MR) is 518 cm³/mol. The number of rotatable bonds is 11. The Balaban J connectivity index is 0.000000124. The van der Waals surface area contributed by atoms with Crippen molar-refractivity contribution in [2.24, 2.45) is 0 Å². The van der Waals surface area contributed by atoms with Crippen molar-refractivity contribution in [2.75, 3.05) is 0 Å². The van der Waals surface area contributed by atoms with E-state index in [0.29, 0.717) is 10.2 Å². The van der Waals surface area contributed by atoms with Crippen LogP contribution in [0.3, 0.4) is 0 Å². The fourth-order valence-electron chi connectivity index (χ4n) is 14.9. The van der Waals surface area contributed by atoms with Gasteiger partial charge in [-0.05, 0) is 253 Å². The molecule has 14 heteroatoms. The molecule has 4 nitrogen and oxygen atoms in total. The van der Waals surface area contributed by atoms with Crippen LogP contribution in [-0.2, 0) is 0 Å². The Morgan fingerprint density at radius 3 is 0.690 bits per heavy atom. The summed E-state index contributed by atoms with van der Waals surface area (Å²) in [7, 11) is -2.74. The predicted octanol–water partition coefficient (Wildman–Crippen LogP) is 29.7. The summed E-state index contributed by atoms with van der Waals surface area (Å²) in [5, 5.41) is 50.4. The lowest BCUT2D eigenvalue weighted by Crippen LogP contribution is -2.29. The summed E-state index contributed by atoms with van der Waals surface area (Å²) in [6.07, 6.45) is 0. The summed E-state index contributed by atoms with van der Waals surface area (Å²) in [4.78, 5) is 6.19. The van der Waals surface area contributed by atoms with Crippen molar-refractivity contribution in [2.45, 2.75) is 0 Å². The second-order valence-electron chi connectivity index (χ2n) is 27.5. The van der Waals surface area contributed by atoms with Gasteiger partial charge in [0.2, 0.25) is 0 Å². The molecular weight excluding hydrogens is 1810 g/mol. The molecule has 3 aromatic heterocycles. The highest BCUT2D eigenvalue weighted by Crippen LogP contribution is 2.49. The maximum Gasteiger partial charge on any atom is 0.499 e. The first-order valence-electron chi connectivity index (χ1n) is 37.6. The van der Waals surface area contributed by atoms with E-state index in [1.807, 2.05) is 65.1 Å². The molecule has 3 heterocycles. The lowest BCUT2D eigenvalue weighted by atomic mass is 9.81. The summed E-state index contributed by atoms with van der Waals surface area (Å²) in [6, 6.07) is 138. The molecule has 20 aromatic rings. The fourth-order valence-corrected chi connectivity index (χ4v) is 20.4. The van der Waals surface area contributed by atoms with Gasteiger partial charge in [0.05, 0.1) is 0 Å². The second-order valence-corrected chi connectivity index (χ2v) is 35.1. The average Bonchev–Trinajstić information content (AvgIpc) is 1.75. The van der Waals surface area contributed by atoms with Crippen molar-refractivity contribution >= 4 is 203 Å². The topological polar surface area (TPSA) is 80.9 Å². The highest BCUT2D eigenvalue weighted by molar-refractivity contribution is 9.11. The van der Waals surface area contributed by atoms with Gasteiger partial charge in [-0.25, -0.2) is 0 Å². The van der Waals surface area contributed by atoms with Crippen LogP contribution in [0.2, 0.25) is 0 Å². The van der Waals surface area contributed by atoms with Crippen LogP contribution in [0.25, 0.3) is 161 Å². The first-order valence-corrected chi connectivity index (χ1v) is 44.0. The summed E-state index contributed by atoms with van der Waals surface area (Å²) < 4.78 is 5.94. The van der Waals surface area contributed by atoms with Crippen LogP contribution in [0.1, 0.15) is 0 Å². The molecule has 0 saturated carbocycles. The minimum Gasteiger partial charge on any atom is -0.423 e. The molecule has 0 aliphatic carbocycles. The lowest BCUT2D eigenvalue weighted by molar-refractivity contribution is 0.425. The van der Waals surface area contributed by atoms with Gasteiger partial charge in [-0.2, -0.15) is 0 Å². The van der Waals surface area contributed by atoms with Crippen LogP contribution in [0, 0.1) is 0 Å². The number of halogens is 5. The number of thiophene rings is 3. The third kappa shape index (κ3) is 17.7. The molecule has 17 aromatic carbocycles. The van der Waals surface area contributed by atoms with Gasteiger partial charge in [-0.15, -0.1) is 34.0 Å². The highest BCUT2D eigenvalue weighted by atomic mass is 79.9. The van der Waals surface area contributed by atoms with Gasteiger partial charge in [0.25, 0.3) is 0 Å². The molecule has 0 spiro atoms. The van der Waals surface area contributed by atoms with E-state index in [9.17, 15) is 0 Å². The van der Waals surface area contributed by atoms with E-state index in [4.69, 9.17) is 20.1 Å². The molecule has 0 amide bonds. The van der Waals surface area contributed by atoms with Gasteiger partial charge in [0.1, 0.15) is 0 Å². The molecule has 116 heavy (non-hydrogen) atoms. The van der Waals surface area contributed by atoms with Gasteiger partial charge in [-0.3, -0.25) is 0 Å². The third-order valence-corrected chi connectivity index (χ3v) is 26.9. The SMILES string of the molecule is Brc1c2ccccc2c(Br)c2ccccc12.Brc1cccc(-c2c3ccccc3c(-c3cccc(Br)c3)c3ccccc23)c1.OB(O)c1ccc(-c2ccccc2)s1.OB(O)c1cccc(Br)c1.c1ccc(-c2ccc(-c3cccc(-c4c5ccccc5c(-c5cccc(-c6ccc(-c7ccccc7)s6)c5)c5ccccc45)c3)s2)cc1. The van der Waals surface area contributed by atoms with Crippen LogP contribution in [-0.4, -0.2) is 34.3 Å². The molecule has 560 valence electrons. The van der Waals surface area contributed by atoms with Crippen LogP contribution >= 0.6 is 114 Å². The van der Waals surface area contributed by atoms with Gasteiger partial charge in [0, 0.05) is 51.5 Å². The van der Waals surface area contributed by atoms with Crippen molar-refractivity contribution in [3.05, 3.63) is 417 Å². The Bertz CT molecular complexity index is 6380. The second kappa shape index (κ2) is 36.9. The number of benzene rings is 17. The Morgan fingerprint density at radius 1 is 0.181 bits per heavy atom.